The van der Waals surface area contributed by atoms with Crippen molar-refractivity contribution in [2.75, 3.05) is 6.54 Å². The predicted octanol–water partition coefficient (Wildman–Crippen LogP) is 3.59. The van der Waals surface area contributed by atoms with Crippen molar-refractivity contribution in [1.82, 2.24) is 9.88 Å². The Balaban J connectivity index is 1.72. The third-order valence-corrected chi connectivity index (χ3v) is 4.90. The zero-order valence-electron chi connectivity index (χ0n) is 12.8. The van der Waals surface area contributed by atoms with Crippen molar-refractivity contribution in [3.05, 3.63) is 35.0 Å². The first-order valence-electron chi connectivity index (χ1n) is 8.05. The Kier molecular flexibility index (Phi) is 2.84. The smallest absolute Gasteiger partial charge is 0.225 e. The van der Waals surface area contributed by atoms with Crippen LogP contribution >= 0.6 is 0 Å². The number of carbonyl (C=O) groups is 1. The molecule has 1 N–H and O–H groups in total. The summed E-state index contributed by atoms with van der Waals surface area (Å²) in [7, 11) is 0. The molecule has 0 unspecified atom stereocenters. The number of hydrogen-bond acceptors (Lipinski definition) is 1. The largest absolute Gasteiger partial charge is 0.358 e. The molecule has 0 bridgehead atoms. The molecule has 2 heterocycles. The van der Waals surface area contributed by atoms with E-state index in [9.17, 15) is 4.79 Å². The molecule has 1 fully saturated rings. The average molecular weight is 282 g/mol. The van der Waals surface area contributed by atoms with Crippen LogP contribution in [-0.2, 0) is 17.8 Å². The van der Waals surface area contributed by atoms with Crippen LogP contribution in [0.3, 0.4) is 0 Å². The van der Waals surface area contributed by atoms with E-state index < -0.39 is 0 Å². The number of aromatic amines is 1. The lowest BCUT2D eigenvalue weighted by molar-refractivity contribution is -0.133. The molecule has 0 radical (unpaired) electrons. The maximum atomic E-state index is 12.3. The fraction of sp³-hybridized carbons (Fsp3) is 0.500. The first-order chi connectivity index (χ1) is 10.1. The van der Waals surface area contributed by atoms with Gasteiger partial charge in [-0.2, -0.15) is 0 Å². The van der Waals surface area contributed by atoms with E-state index in [1.165, 1.54) is 27.7 Å². The number of rotatable bonds is 2. The van der Waals surface area contributed by atoms with E-state index in [0.717, 1.165) is 32.4 Å². The van der Waals surface area contributed by atoms with Crippen molar-refractivity contribution < 1.29 is 4.79 Å². The maximum Gasteiger partial charge on any atom is 0.225 e. The Labute approximate surface area is 125 Å². The average Bonchev–Trinajstić information content (AvgIpc) is 3.26. The van der Waals surface area contributed by atoms with E-state index in [1.807, 2.05) is 0 Å². The minimum Gasteiger partial charge on any atom is -0.358 e. The lowest BCUT2D eigenvalue weighted by Gasteiger charge is -2.27. The van der Waals surface area contributed by atoms with Crippen LogP contribution < -0.4 is 0 Å². The number of aromatic nitrogens is 1. The van der Waals surface area contributed by atoms with Crippen LogP contribution in [-0.4, -0.2) is 22.3 Å². The standard InChI is InChI=1S/C18H22N2O/c1-11(2)13-5-6-16-14(9-13)15-10-20(8-7-17(15)19-16)18(21)12-3-4-12/h5-6,9,11-12,19H,3-4,7-8,10H2,1-2H3. The summed E-state index contributed by atoms with van der Waals surface area (Å²) in [4.78, 5) is 17.9. The van der Waals surface area contributed by atoms with Gasteiger partial charge in [-0.15, -0.1) is 0 Å². The van der Waals surface area contributed by atoms with Gasteiger partial charge < -0.3 is 9.88 Å². The summed E-state index contributed by atoms with van der Waals surface area (Å²) in [6, 6.07) is 6.71. The zero-order chi connectivity index (χ0) is 14.6. The molecule has 21 heavy (non-hydrogen) atoms. The summed E-state index contributed by atoms with van der Waals surface area (Å²) in [6.45, 7) is 6.10. The van der Waals surface area contributed by atoms with Gasteiger partial charge in [-0.3, -0.25) is 4.79 Å². The topological polar surface area (TPSA) is 36.1 Å². The fourth-order valence-electron chi connectivity index (χ4n) is 3.37. The van der Waals surface area contributed by atoms with Crippen LogP contribution in [0, 0.1) is 5.92 Å². The van der Waals surface area contributed by atoms with E-state index >= 15 is 0 Å². The van der Waals surface area contributed by atoms with Gasteiger partial charge in [0.15, 0.2) is 0 Å². The molecule has 1 aromatic carbocycles. The Morgan fingerprint density at radius 3 is 2.86 bits per heavy atom. The van der Waals surface area contributed by atoms with Crippen molar-refractivity contribution in [3.8, 4) is 0 Å². The second kappa shape index (κ2) is 4.62. The third kappa shape index (κ3) is 2.15. The van der Waals surface area contributed by atoms with Gasteiger partial charge >= 0.3 is 0 Å². The van der Waals surface area contributed by atoms with Gasteiger partial charge in [-0.05, 0) is 36.5 Å². The van der Waals surface area contributed by atoms with Gasteiger partial charge in [0.25, 0.3) is 0 Å². The second-order valence-electron chi connectivity index (χ2n) is 6.83. The first-order valence-corrected chi connectivity index (χ1v) is 8.05. The highest BCUT2D eigenvalue weighted by Crippen LogP contribution is 2.35. The summed E-state index contributed by atoms with van der Waals surface area (Å²) in [5, 5.41) is 1.31. The zero-order valence-corrected chi connectivity index (χ0v) is 12.8. The molecule has 1 aliphatic heterocycles. The molecule has 1 saturated carbocycles. The van der Waals surface area contributed by atoms with Crippen molar-refractivity contribution in [2.24, 2.45) is 5.92 Å². The summed E-state index contributed by atoms with van der Waals surface area (Å²) in [5.74, 6) is 1.23. The van der Waals surface area contributed by atoms with E-state index in [1.54, 1.807) is 0 Å². The Morgan fingerprint density at radius 1 is 1.33 bits per heavy atom. The van der Waals surface area contributed by atoms with Crippen molar-refractivity contribution in [2.45, 2.75) is 45.6 Å². The van der Waals surface area contributed by atoms with Crippen LogP contribution in [0.1, 0.15) is 49.4 Å². The summed E-state index contributed by atoms with van der Waals surface area (Å²) >= 11 is 0. The van der Waals surface area contributed by atoms with Gasteiger partial charge in [-0.1, -0.05) is 19.9 Å². The number of H-pyrrole nitrogens is 1. The van der Waals surface area contributed by atoms with Crippen LogP contribution in [0.5, 0.6) is 0 Å². The highest BCUT2D eigenvalue weighted by atomic mass is 16.2. The monoisotopic (exact) mass is 282 g/mol. The quantitative estimate of drug-likeness (QED) is 0.898. The van der Waals surface area contributed by atoms with Crippen molar-refractivity contribution in [3.63, 3.8) is 0 Å². The molecule has 1 aliphatic carbocycles. The number of fused-ring (bicyclic) bond motifs is 3. The van der Waals surface area contributed by atoms with Gasteiger partial charge in [0.1, 0.15) is 0 Å². The molecule has 1 aromatic heterocycles. The molecule has 2 aromatic rings. The van der Waals surface area contributed by atoms with Gasteiger partial charge in [-0.25, -0.2) is 0 Å². The highest BCUT2D eigenvalue weighted by Gasteiger charge is 2.35. The molecule has 1 amide bonds. The molecule has 0 spiro atoms. The normalized spacial score (nSPS) is 18.3. The molecule has 3 nitrogen and oxygen atoms in total. The maximum absolute atomic E-state index is 12.3. The minimum atomic E-state index is 0.322. The molecule has 3 heteroatoms. The van der Waals surface area contributed by atoms with Gasteiger partial charge in [0.05, 0.1) is 0 Å². The van der Waals surface area contributed by atoms with E-state index in [4.69, 9.17) is 0 Å². The number of nitrogens with zero attached hydrogens (tertiary/aromatic N) is 1. The molecule has 110 valence electrons. The minimum absolute atomic E-state index is 0.322. The van der Waals surface area contributed by atoms with Crippen LogP contribution in [0.4, 0.5) is 0 Å². The highest BCUT2D eigenvalue weighted by molar-refractivity contribution is 5.87. The fourth-order valence-corrected chi connectivity index (χ4v) is 3.37. The molecule has 2 aliphatic rings. The Bertz CT molecular complexity index is 709. The van der Waals surface area contributed by atoms with Crippen molar-refractivity contribution >= 4 is 16.8 Å². The Hall–Kier alpha value is -1.77. The van der Waals surface area contributed by atoms with E-state index in [2.05, 4.69) is 41.9 Å². The number of benzene rings is 1. The lowest BCUT2D eigenvalue weighted by Crippen LogP contribution is -2.36. The predicted molar refractivity (Wildman–Crippen MR) is 84.2 cm³/mol. The second-order valence-corrected chi connectivity index (χ2v) is 6.83. The van der Waals surface area contributed by atoms with Gasteiger partial charge in [0, 0.05) is 47.6 Å². The summed E-state index contributed by atoms with van der Waals surface area (Å²) < 4.78 is 0. The molecular formula is C18H22N2O. The lowest BCUT2D eigenvalue weighted by atomic mass is 9.98. The molecule has 0 atom stereocenters. The summed E-state index contributed by atoms with van der Waals surface area (Å²) in [6.07, 6.45) is 3.14. The van der Waals surface area contributed by atoms with E-state index in [-0.39, 0.29) is 0 Å². The van der Waals surface area contributed by atoms with Crippen molar-refractivity contribution in [1.29, 1.82) is 0 Å². The number of hydrogen-bond donors (Lipinski definition) is 1. The number of carbonyl (C=O) groups excluding carboxylic acids is 1. The SMILES string of the molecule is CC(C)c1ccc2[nH]c3c(c2c1)CN(C(=O)C1CC1)CC3. The molecule has 4 rings (SSSR count). The first kappa shape index (κ1) is 12.9. The van der Waals surface area contributed by atoms with Crippen LogP contribution in [0.25, 0.3) is 10.9 Å². The molecule has 0 saturated heterocycles. The molecular weight excluding hydrogens is 260 g/mol. The summed E-state index contributed by atoms with van der Waals surface area (Å²) in [5.41, 5.74) is 5.25. The van der Waals surface area contributed by atoms with E-state index in [0.29, 0.717) is 17.7 Å². The Morgan fingerprint density at radius 2 is 2.14 bits per heavy atom. The third-order valence-electron chi connectivity index (χ3n) is 4.90. The van der Waals surface area contributed by atoms with Crippen LogP contribution in [0.2, 0.25) is 0 Å². The number of nitrogens with one attached hydrogen (secondary N) is 1. The van der Waals surface area contributed by atoms with Gasteiger partial charge in [0.2, 0.25) is 5.91 Å². The number of amides is 1. The van der Waals surface area contributed by atoms with Crippen LogP contribution in [0.15, 0.2) is 18.2 Å².